The van der Waals surface area contributed by atoms with E-state index in [2.05, 4.69) is 0 Å². The van der Waals surface area contributed by atoms with Crippen molar-refractivity contribution in [3.63, 3.8) is 0 Å². The number of aliphatic carboxylic acids is 1. The molecule has 0 bridgehead atoms. The molecule has 0 spiro atoms. The number of hydrogen-bond donors (Lipinski definition) is 2. The summed E-state index contributed by atoms with van der Waals surface area (Å²) >= 11 is 5.87. The van der Waals surface area contributed by atoms with E-state index in [0.29, 0.717) is 28.9 Å². The van der Waals surface area contributed by atoms with Crippen LogP contribution in [-0.2, 0) is 4.79 Å². The van der Waals surface area contributed by atoms with Crippen molar-refractivity contribution < 1.29 is 14.7 Å². The van der Waals surface area contributed by atoms with Crippen LogP contribution in [0.15, 0.2) is 18.2 Å². The maximum atomic E-state index is 11.5. The Kier molecular flexibility index (Phi) is 3.95. The number of hydrogen-bond acceptors (Lipinski definition) is 3. The van der Waals surface area contributed by atoms with Crippen molar-refractivity contribution in [2.45, 2.75) is 25.3 Å². The zero-order valence-electron chi connectivity index (χ0n) is 10.3. The second kappa shape index (κ2) is 5.48. The summed E-state index contributed by atoms with van der Waals surface area (Å²) in [6, 6.07) is 5.22. The van der Waals surface area contributed by atoms with E-state index >= 15 is 0 Å². The first kappa shape index (κ1) is 13.7. The summed E-state index contributed by atoms with van der Waals surface area (Å²) in [5.41, 5.74) is 6.36. The highest BCUT2D eigenvalue weighted by Gasteiger charge is 2.31. The predicted octanol–water partition coefficient (Wildman–Crippen LogP) is 1.88. The van der Waals surface area contributed by atoms with Gasteiger partial charge in [0.25, 0.3) is 5.91 Å². The molecule has 0 atom stereocenters. The molecule has 1 aliphatic rings. The third-order valence-electron chi connectivity index (χ3n) is 3.09. The summed E-state index contributed by atoms with van der Waals surface area (Å²) in [4.78, 5) is 24.1. The highest BCUT2D eigenvalue weighted by atomic mass is 35.5. The molecule has 0 heterocycles. The molecule has 1 amide bonds. The lowest BCUT2D eigenvalue weighted by atomic mass is 10.1. The molecule has 0 saturated heterocycles. The minimum atomic E-state index is -0.861. The molecule has 1 saturated carbocycles. The summed E-state index contributed by atoms with van der Waals surface area (Å²) in [7, 11) is 0. The van der Waals surface area contributed by atoms with Gasteiger partial charge in [-0.15, -0.1) is 0 Å². The normalized spacial score (nSPS) is 14.2. The standard InChI is InChI=1S/C13H15ClN2O3/c14-8-1-4-11(10(7-8)13(15)19)16(9-2-3-9)6-5-12(17)18/h1,4,7,9H,2-3,5-6H2,(H2,15,19)(H,17,18). The number of nitrogens with two attached hydrogens (primary N) is 1. The van der Waals surface area contributed by atoms with Crippen LogP contribution in [-0.4, -0.2) is 29.6 Å². The fourth-order valence-electron chi connectivity index (χ4n) is 2.06. The van der Waals surface area contributed by atoms with Crippen LogP contribution in [0.5, 0.6) is 0 Å². The number of amides is 1. The van der Waals surface area contributed by atoms with Crippen LogP contribution >= 0.6 is 11.6 Å². The van der Waals surface area contributed by atoms with Crippen molar-refractivity contribution >= 4 is 29.2 Å². The number of carboxylic acids is 1. The van der Waals surface area contributed by atoms with E-state index in [1.807, 2.05) is 4.90 Å². The van der Waals surface area contributed by atoms with E-state index in [1.165, 1.54) is 6.07 Å². The molecule has 5 nitrogen and oxygen atoms in total. The maximum absolute atomic E-state index is 11.5. The van der Waals surface area contributed by atoms with Crippen molar-refractivity contribution in [3.05, 3.63) is 28.8 Å². The summed E-state index contributed by atoms with van der Waals surface area (Å²) in [5, 5.41) is 9.23. The van der Waals surface area contributed by atoms with Gasteiger partial charge in [-0.1, -0.05) is 11.6 Å². The number of carboxylic acid groups (broad SMARTS) is 1. The quantitative estimate of drug-likeness (QED) is 0.834. The molecule has 1 aromatic carbocycles. The van der Waals surface area contributed by atoms with Crippen LogP contribution in [0.4, 0.5) is 5.69 Å². The van der Waals surface area contributed by atoms with Crippen molar-refractivity contribution in [1.29, 1.82) is 0 Å². The van der Waals surface area contributed by atoms with Gasteiger partial charge >= 0.3 is 5.97 Å². The van der Waals surface area contributed by atoms with Gasteiger partial charge in [-0.3, -0.25) is 9.59 Å². The minimum Gasteiger partial charge on any atom is -0.481 e. The summed E-state index contributed by atoms with van der Waals surface area (Å²) < 4.78 is 0. The zero-order chi connectivity index (χ0) is 14.0. The fourth-order valence-corrected chi connectivity index (χ4v) is 2.23. The van der Waals surface area contributed by atoms with Crippen molar-refractivity contribution in [2.75, 3.05) is 11.4 Å². The molecule has 0 unspecified atom stereocenters. The van der Waals surface area contributed by atoms with E-state index in [1.54, 1.807) is 12.1 Å². The number of nitrogens with zero attached hydrogens (tertiary/aromatic N) is 1. The second-order valence-corrected chi connectivity index (χ2v) is 5.03. The molecule has 2 rings (SSSR count). The zero-order valence-corrected chi connectivity index (χ0v) is 11.1. The Balaban J connectivity index is 2.30. The Hall–Kier alpha value is -1.75. The lowest BCUT2D eigenvalue weighted by Gasteiger charge is -2.26. The first-order valence-corrected chi connectivity index (χ1v) is 6.44. The second-order valence-electron chi connectivity index (χ2n) is 4.59. The summed E-state index contributed by atoms with van der Waals surface area (Å²) in [5.74, 6) is -1.42. The number of benzene rings is 1. The Morgan fingerprint density at radius 2 is 2.11 bits per heavy atom. The Morgan fingerprint density at radius 1 is 1.42 bits per heavy atom. The Labute approximate surface area is 116 Å². The number of carbonyl (C=O) groups is 2. The van der Waals surface area contributed by atoms with Crippen LogP contribution in [0, 0.1) is 0 Å². The van der Waals surface area contributed by atoms with E-state index in [4.69, 9.17) is 22.4 Å². The average molecular weight is 283 g/mol. The number of anilines is 1. The highest BCUT2D eigenvalue weighted by Crippen LogP contribution is 2.34. The molecule has 1 aromatic rings. The van der Waals surface area contributed by atoms with Gasteiger partial charge in [-0.05, 0) is 31.0 Å². The molecule has 0 aromatic heterocycles. The van der Waals surface area contributed by atoms with Gasteiger partial charge in [0, 0.05) is 23.3 Å². The Bertz CT molecular complexity index is 515. The maximum Gasteiger partial charge on any atom is 0.305 e. The molecule has 1 fully saturated rings. The first-order valence-electron chi connectivity index (χ1n) is 6.07. The molecule has 19 heavy (non-hydrogen) atoms. The average Bonchev–Trinajstić information content (AvgIpc) is 3.14. The number of rotatable bonds is 6. The molecule has 6 heteroatoms. The lowest BCUT2D eigenvalue weighted by Crippen LogP contribution is -2.30. The van der Waals surface area contributed by atoms with Gasteiger partial charge in [0.1, 0.15) is 0 Å². The summed E-state index contributed by atoms with van der Waals surface area (Å²) in [6.45, 7) is 0.363. The van der Waals surface area contributed by atoms with E-state index in [-0.39, 0.29) is 6.42 Å². The SMILES string of the molecule is NC(=O)c1cc(Cl)ccc1N(CCC(=O)O)C1CC1. The van der Waals surface area contributed by atoms with Gasteiger partial charge in [0.05, 0.1) is 12.0 Å². The molecule has 0 radical (unpaired) electrons. The largest absolute Gasteiger partial charge is 0.481 e. The van der Waals surface area contributed by atoms with Gasteiger partial charge in [-0.2, -0.15) is 0 Å². The van der Waals surface area contributed by atoms with E-state index in [9.17, 15) is 9.59 Å². The van der Waals surface area contributed by atoms with Crippen LogP contribution < -0.4 is 10.6 Å². The molecular weight excluding hydrogens is 268 g/mol. The lowest BCUT2D eigenvalue weighted by molar-refractivity contribution is -0.136. The van der Waals surface area contributed by atoms with Crippen LogP contribution in [0.3, 0.4) is 0 Å². The smallest absolute Gasteiger partial charge is 0.305 e. The number of primary amides is 1. The van der Waals surface area contributed by atoms with Gasteiger partial charge in [-0.25, -0.2) is 0 Å². The molecule has 0 aliphatic heterocycles. The molecule has 1 aliphatic carbocycles. The third kappa shape index (κ3) is 3.38. The van der Waals surface area contributed by atoms with E-state index < -0.39 is 11.9 Å². The predicted molar refractivity (Wildman–Crippen MR) is 72.6 cm³/mol. The van der Waals surface area contributed by atoms with Crippen molar-refractivity contribution in [2.24, 2.45) is 5.73 Å². The van der Waals surface area contributed by atoms with Crippen LogP contribution in [0.25, 0.3) is 0 Å². The van der Waals surface area contributed by atoms with Gasteiger partial charge in [0.15, 0.2) is 0 Å². The first-order chi connectivity index (χ1) is 8.99. The van der Waals surface area contributed by atoms with E-state index in [0.717, 1.165) is 12.8 Å². The van der Waals surface area contributed by atoms with Crippen LogP contribution in [0.2, 0.25) is 5.02 Å². The number of halogens is 1. The van der Waals surface area contributed by atoms with Gasteiger partial charge < -0.3 is 15.7 Å². The van der Waals surface area contributed by atoms with Crippen molar-refractivity contribution in [1.82, 2.24) is 0 Å². The molecular formula is C13H15ClN2O3. The monoisotopic (exact) mass is 282 g/mol. The molecule has 102 valence electrons. The Morgan fingerprint density at radius 3 is 2.63 bits per heavy atom. The minimum absolute atomic E-state index is 0.0251. The molecule has 3 N–H and O–H groups in total. The van der Waals surface area contributed by atoms with Crippen LogP contribution in [0.1, 0.15) is 29.6 Å². The highest BCUT2D eigenvalue weighted by molar-refractivity contribution is 6.31. The topological polar surface area (TPSA) is 83.6 Å². The number of carbonyl (C=O) groups excluding carboxylic acids is 1. The van der Waals surface area contributed by atoms with Gasteiger partial charge in [0.2, 0.25) is 0 Å². The summed E-state index contributed by atoms with van der Waals surface area (Å²) in [6.07, 6.45) is 2.03. The third-order valence-corrected chi connectivity index (χ3v) is 3.32. The van der Waals surface area contributed by atoms with Crippen molar-refractivity contribution in [3.8, 4) is 0 Å². The fraction of sp³-hybridized carbons (Fsp3) is 0.385.